The molecule has 3 saturated heterocycles. The molecule has 0 bridgehead atoms. The summed E-state index contributed by atoms with van der Waals surface area (Å²) in [7, 11) is 1.72. The molecule has 4 aromatic carbocycles. The van der Waals surface area contributed by atoms with E-state index >= 15 is 13.2 Å². The van der Waals surface area contributed by atoms with E-state index in [-0.39, 0.29) is 53.4 Å². The number of likely N-dealkylation sites (tertiary alicyclic amines) is 1. The van der Waals surface area contributed by atoms with Crippen LogP contribution in [-0.4, -0.2) is 150 Å². The van der Waals surface area contributed by atoms with Crippen molar-refractivity contribution < 1.29 is 50.8 Å². The normalized spacial score (nSPS) is 19.5. The maximum atomic E-state index is 16.0. The summed E-state index contributed by atoms with van der Waals surface area (Å²) in [5, 5.41) is 13.6. The Balaban J connectivity index is 0.854. The number of urea groups is 1. The topological polar surface area (TPSA) is 177 Å². The highest BCUT2D eigenvalue weighted by molar-refractivity contribution is 7.84. The number of carbonyl (C=O) groups is 4. The number of nitrogens with one attached hydrogen (secondary N) is 3. The first-order valence-corrected chi connectivity index (χ1v) is 24.5. The number of anilines is 2. The molecule has 5 amide bonds. The van der Waals surface area contributed by atoms with Gasteiger partial charge in [0.25, 0.3) is 17.7 Å². The molecule has 8 rings (SSSR count). The lowest BCUT2D eigenvalue weighted by Crippen LogP contribution is -2.62. The molecule has 4 aliphatic rings. The molecule has 3 N–H and O–H groups in total. The monoisotopic (exact) mass is 972 g/mol. The Kier molecular flexibility index (Phi) is 14.6. The number of hydrogen-bond donors (Lipinski definition) is 3. The molecule has 0 saturated carbocycles. The van der Waals surface area contributed by atoms with Crippen LogP contribution in [0, 0.1) is 11.2 Å². The van der Waals surface area contributed by atoms with E-state index in [4.69, 9.17) is 19.6 Å². The number of piperidine rings is 1. The second-order valence-electron chi connectivity index (χ2n) is 17.3. The molecule has 69 heavy (non-hydrogen) atoms. The SMILES string of the molecule is CCOc1cc(C(CS(C)=O)N2C(=O)c3cccc(N4CCN(C5CCN(CCc6ccc(Oc7cc(NC)c(C(=N)N8CCC(=O)NC8=O)cc7F)cc6)CC5(F)F)CC4)c3C2=O)ccc1OC. The number of amidine groups is 1. The third-order valence-electron chi connectivity index (χ3n) is 13.0. The second kappa shape index (κ2) is 20.6. The van der Waals surface area contributed by atoms with E-state index < -0.39 is 64.9 Å². The lowest BCUT2D eigenvalue weighted by Gasteiger charge is -2.46. The highest BCUT2D eigenvalue weighted by Gasteiger charge is 2.48. The fourth-order valence-corrected chi connectivity index (χ4v) is 10.3. The molecule has 3 fully saturated rings. The van der Waals surface area contributed by atoms with E-state index in [9.17, 15) is 23.4 Å². The average Bonchev–Trinajstić information content (AvgIpc) is 3.58. The number of hydrogen-bond acceptors (Lipinski definition) is 13. The van der Waals surface area contributed by atoms with E-state index in [1.165, 1.54) is 24.3 Å². The number of halogens is 3. The van der Waals surface area contributed by atoms with Gasteiger partial charge in [0.1, 0.15) is 11.6 Å². The zero-order valence-corrected chi connectivity index (χ0v) is 39.6. The van der Waals surface area contributed by atoms with Crippen molar-refractivity contribution in [3.8, 4) is 23.0 Å². The predicted molar refractivity (Wildman–Crippen MR) is 254 cm³/mol. The molecule has 0 spiro atoms. The first-order valence-electron chi connectivity index (χ1n) is 22.8. The number of amides is 5. The number of imide groups is 2. The number of carbonyl (C=O) groups excluding carboxylic acids is 4. The molecular weight excluding hydrogens is 918 g/mol. The zero-order valence-electron chi connectivity index (χ0n) is 38.8. The van der Waals surface area contributed by atoms with Crippen molar-refractivity contribution in [3.05, 3.63) is 106 Å². The van der Waals surface area contributed by atoms with Gasteiger partial charge in [-0.1, -0.05) is 24.3 Å². The minimum absolute atomic E-state index is 0.00865. The first-order chi connectivity index (χ1) is 33.1. The smallest absolute Gasteiger partial charge is 0.329 e. The van der Waals surface area contributed by atoms with Gasteiger partial charge >= 0.3 is 6.03 Å². The molecule has 4 heterocycles. The molecule has 20 heteroatoms. The summed E-state index contributed by atoms with van der Waals surface area (Å²) in [4.78, 5) is 60.0. The van der Waals surface area contributed by atoms with Gasteiger partial charge in [0, 0.05) is 99.4 Å². The Labute approximate surface area is 400 Å². The van der Waals surface area contributed by atoms with Crippen molar-refractivity contribution in [2.45, 2.75) is 44.2 Å². The summed E-state index contributed by atoms with van der Waals surface area (Å²) in [6.07, 6.45) is 2.30. The highest BCUT2D eigenvalue weighted by atomic mass is 32.2. The van der Waals surface area contributed by atoms with Crippen LogP contribution in [0.5, 0.6) is 23.0 Å². The van der Waals surface area contributed by atoms with Crippen LogP contribution in [0.15, 0.2) is 72.8 Å². The molecule has 0 aromatic heterocycles. The van der Waals surface area contributed by atoms with Gasteiger partial charge < -0.3 is 24.4 Å². The standard InChI is InChI=1S/C49H55F3N8O8S/c1-5-67-41-25-31(11-14-39(41)66-3)38(28-69(4)65)60-46(62)33-7-6-8-37(44(33)47(60)63)57-21-23-58(24-22-57)42-16-19-56(29-49(42,51)52)18-15-30-9-12-32(13-10-30)68-40-27-36(54-2)34(26-35(40)50)45(53)59-20-17-43(61)55-48(59)64/h6-14,25-27,38,42,53-54H,5,15-24,28-29H2,1-4H3,(H,55,61,64). The van der Waals surface area contributed by atoms with E-state index in [1.807, 2.05) is 16.7 Å². The fraction of sp³-hybridized carbons (Fsp3) is 0.408. The first kappa shape index (κ1) is 48.9. The highest BCUT2D eigenvalue weighted by Crippen LogP contribution is 2.40. The summed E-state index contributed by atoms with van der Waals surface area (Å²) in [5.74, 6) is -4.33. The van der Waals surface area contributed by atoms with Gasteiger partial charge in [-0.2, -0.15) is 0 Å². The number of methoxy groups -OCH3 is 1. The Morgan fingerprint density at radius 1 is 0.942 bits per heavy atom. The maximum absolute atomic E-state index is 16.0. The van der Waals surface area contributed by atoms with Crippen LogP contribution >= 0.6 is 0 Å². The number of fused-ring (bicyclic) bond motifs is 1. The summed E-state index contributed by atoms with van der Waals surface area (Å²) in [5.41, 5.74) is 2.94. The number of rotatable bonds is 16. The van der Waals surface area contributed by atoms with Crippen LogP contribution in [0.25, 0.3) is 0 Å². The van der Waals surface area contributed by atoms with Gasteiger partial charge in [-0.3, -0.25) is 48.9 Å². The van der Waals surface area contributed by atoms with E-state index in [1.54, 1.807) is 72.6 Å². The molecule has 3 unspecified atom stereocenters. The van der Waals surface area contributed by atoms with Crippen LogP contribution in [0.3, 0.4) is 0 Å². The number of alkyl halides is 2. The lowest BCUT2D eigenvalue weighted by molar-refractivity contribution is -0.127. The summed E-state index contributed by atoms with van der Waals surface area (Å²) < 4.78 is 77.1. The van der Waals surface area contributed by atoms with Crippen LogP contribution < -0.4 is 29.7 Å². The molecule has 366 valence electrons. The van der Waals surface area contributed by atoms with Crippen molar-refractivity contribution in [1.82, 2.24) is 24.9 Å². The van der Waals surface area contributed by atoms with Gasteiger partial charge in [0.2, 0.25) is 5.91 Å². The van der Waals surface area contributed by atoms with Gasteiger partial charge in [0.15, 0.2) is 23.1 Å². The Morgan fingerprint density at radius 3 is 2.36 bits per heavy atom. The predicted octanol–water partition coefficient (Wildman–Crippen LogP) is 6.12. The fourth-order valence-electron chi connectivity index (χ4n) is 9.55. The van der Waals surface area contributed by atoms with Crippen LogP contribution in [0.2, 0.25) is 0 Å². The molecule has 0 aliphatic carbocycles. The number of ether oxygens (including phenoxy) is 3. The third kappa shape index (κ3) is 10.3. The lowest BCUT2D eigenvalue weighted by atomic mass is 9.97. The second-order valence-corrected chi connectivity index (χ2v) is 18.8. The van der Waals surface area contributed by atoms with Crippen LogP contribution in [0.1, 0.15) is 63.2 Å². The molecular formula is C49H55F3N8O8S. The quantitative estimate of drug-likeness (QED) is 0.0667. The van der Waals surface area contributed by atoms with Crippen molar-refractivity contribution in [2.75, 3.05) is 95.3 Å². The average molecular weight is 973 g/mol. The largest absolute Gasteiger partial charge is 0.493 e. The molecule has 0 radical (unpaired) electrons. The van der Waals surface area contributed by atoms with Gasteiger partial charge in [-0.25, -0.2) is 18.0 Å². The number of piperazine rings is 1. The molecule has 16 nitrogen and oxygen atoms in total. The molecule has 4 aromatic rings. The number of benzene rings is 4. The summed E-state index contributed by atoms with van der Waals surface area (Å²) >= 11 is 0. The van der Waals surface area contributed by atoms with Crippen molar-refractivity contribution in [1.29, 1.82) is 5.41 Å². The van der Waals surface area contributed by atoms with Crippen LogP contribution in [0.4, 0.5) is 29.3 Å². The van der Waals surface area contributed by atoms with Gasteiger partial charge in [0.05, 0.1) is 49.2 Å². The van der Waals surface area contributed by atoms with E-state index in [0.29, 0.717) is 86.5 Å². The van der Waals surface area contributed by atoms with Crippen molar-refractivity contribution in [2.24, 2.45) is 0 Å². The minimum Gasteiger partial charge on any atom is -0.493 e. The molecule has 3 atom stereocenters. The van der Waals surface area contributed by atoms with Crippen molar-refractivity contribution in [3.63, 3.8) is 0 Å². The Hall–Kier alpha value is -6.51. The maximum Gasteiger partial charge on any atom is 0.329 e. The number of nitrogens with zero attached hydrogens (tertiary/aromatic N) is 5. The third-order valence-corrected chi connectivity index (χ3v) is 13.8. The Morgan fingerprint density at radius 2 is 1.70 bits per heavy atom. The van der Waals surface area contributed by atoms with Gasteiger partial charge in [-0.05, 0) is 73.4 Å². The van der Waals surface area contributed by atoms with E-state index in [0.717, 1.165) is 16.5 Å². The summed E-state index contributed by atoms with van der Waals surface area (Å²) in [6, 6.07) is 17.1. The zero-order chi connectivity index (χ0) is 49.1. The van der Waals surface area contributed by atoms with E-state index in [2.05, 4.69) is 10.6 Å². The summed E-state index contributed by atoms with van der Waals surface area (Å²) in [6.45, 7) is 4.07. The minimum atomic E-state index is -2.99. The Bertz CT molecular complexity index is 2670. The molecule has 4 aliphatic heterocycles. The van der Waals surface area contributed by atoms with Gasteiger partial charge in [-0.15, -0.1) is 0 Å². The van der Waals surface area contributed by atoms with Crippen LogP contribution in [-0.2, 0) is 22.0 Å². The van der Waals surface area contributed by atoms with Crippen molar-refractivity contribution >= 4 is 51.8 Å².